The van der Waals surface area contributed by atoms with Crippen LogP contribution in [0.1, 0.15) is 119 Å². The van der Waals surface area contributed by atoms with Crippen molar-refractivity contribution in [2.45, 2.75) is 154 Å². The molecule has 2 rings (SSSR count). The number of nitrogens with one attached hydrogen (secondary N) is 3. The van der Waals surface area contributed by atoms with Gasteiger partial charge in [0.25, 0.3) is 0 Å². The van der Waals surface area contributed by atoms with Crippen molar-refractivity contribution in [2.24, 2.45) is 5.41 Å². The molecule has 10 heteroatoms. The number of hydrogen-bond donors (Lipinski definition) is 3. The van der Waals surface area contributed by atoms with E-state index in [0.29, 0.717) is 45.5 Å². The van der Waals surface area contributed by atoms with Crippen molar-refractivity contribution in [3.05, 3.63) is 0 Å². The van der Waals surface area contributed by atoms with E-state index in [2.05, 4.69) is 16.0 Å². The summed E-state index contributed by atoms with van der Waals surface area (Å²) in [5.41, 5.74) is -1.71. The number of methoxy groups -OCH3 is 1. The lowest BCUT2D eigenvalue weighted by Gasteiger charge is -2.37. The molecule has 4 unspecified atom stereocenters. The molecule has 3 N–H and O–H groups in total. The largest absolute Gasteiger partial charge is 0.385 e. The van der Waals surface area contributed by atoms with Crippen LogP contribution in [0.5, 0.6) is 0 Å². The minimum atomic E-state index is -1.10. The second-order valence-electron chi connectivity index (χ2n) is 13.6. The van der Waals surface area contributed by atoms with E-state index in [0.717, 1.165) is 51.4 Å². The number of amides is 2. The Labute approximate surface area is 259 Å². The van der Waals surface area contributed by atoms with E-state index in [4.69, 9.17) is 14.2 Å². The molecule has 2 fully saturated rings. The first kappa shape index (κ1) is 37.3. The van der Waals surface area contributed by atoms with Gasteiger partial charge in [0, 0.05) is 39.3 Å². The average molecular weight is 610 g/mol. The molecule has 0 heterocycles. The van der Waals surface area contributed by atoms with E-state index in [-0.39, 0.29) is 29.7 Å². The molecular formula is C33H59N3O7. The maximum Gasteiger partial charge on any atom is 0.243 e. The van der Waals surface area contributed by atoms with Crippen molar-refractivity contribution < 1.29 is 33.4 Å². The molecule has 0 aromatic rings. The zero-order valence-corrected chi connectivity index (χ0v) is 27.9. The summed E-state index contributed by atoms with van der Waals surface area (Å²) < 4.78 is 17.3. The molecule has 0 aromatic heterocycles. The first-order valence-electron chi connectivity index (χ1n) is 16.5. The van der Waals surface area contributed by atoms with Crippen LogP contribution in [0.2, 0.25) is 0 Å². The molecule has 0 aliphatic heterocycles. The van der Waals surface area contributed by atoms with E-state index >= 15 is 0 Å². The highest BCUT2D eigenvalue weighted by Crippen LogP contribution is 2.25. The fraction of sp³-hybridized carbons (Fsp3) is 0.879. The quantitative estimate of drug-likeness (QED) is 0.189. The molecule has 0 bridgehead atoms. The van der Waals surface area contributed by atoms with Gasteiger partial charge in [-0.2, -0.15) is 0 Å². The number of Topliss-reactive ketones (excluding diaryl/α,β-unsaturated/α-hetero) is 2. The van der Waals surface area contributed by atoms with Crippen molar-refractivity contribution in [1.29, 1.82) is 0 Å². The first-order valence-corrected chi connectivity index (χ1v) is 16.5. The van der Waals surface area contributed by atoms with Gasteiger partial charge in [0.15, 0.2) is 11.6 Å². The summed E-state index contributed by atoms with van der Waals surface area (Å²) in [5, 5.41) is 9.07. The third-order valence-electron chi connectivity index (χ3n) is 8.86. The SMILES string of the molecule is CCC(C)(NC(CCOC)C(=O)C(C)(C)C)C(=O)C(CCOC1CCCC1)NC(=O)C(CCOC1CCCC1)NC(C)=O. The Balaban J connectivity index is 2.23. The summed E-state index contributed by atoms with van der Waals surface area (Å²) in [7, 11) is 1.59. The van der Waals surface area contributed by atoms with E-state index in [1.807, 2.05) is 27.7 Å². The molecule has 0 aromatic carbocycles. The highest BCUT2D eigenvalue weighted by atomic mass is 16.5. The van der Waals surface area contributed by atoms with Gasteiger partial charge in [-0.05, 0) is 58.3 Å². The number of ether oxygens (including phenoxy) is 3. The van der Waals surface area contributed by atoms with Gasteiger partial charge in [-0.25, -0.2) is 0 Å². The van der Waals surface area contributed by atoms with Crippen molar-refractivity contribution in [3.63, 3.8) is 0 Å². The molecule has 10 nitrogen and oxygen atoms in total. The average Bonchev–Trinajstić information content (AvgIpc) is 3.67. The van der Waals surface area contributed by atoms with Crippen LogP contribution >= 0.6 is 0 Å². The second-order valence-corrected chi connectivity index (χ2v) is 13.6. The predicted octanol–water partition coefficient (Wildman–Crippen LogP) is 4.02. The Hall–Kier alpha value is -1.88. The number of hydrogen-bond acceptors (Lipinski definition) is 8. The number of carbonyl (C=O) groups excluding carboxylic acids is 4. The standard InChI is InChI=1S/C33H59N3O7/c1-8-33(6,36-27(17-20-41-7)29(38)32(3,4)5)30(39)26(18-21-42-24-13-9-10-14-24)35-31(40)28(34-23(2)37)19-22-43-25-15-11-12-16-25/h24-28,36H,8-22H2,1-7H3,(H,34,37)(H,35,40). The molecule has 248 valence electrons. The van der Waals surface area contributed by atoms with Gasteiger partial charge < -0.3 is 24.8 Å². The molecule has 4 atom stereocenters. The van der Waals surface area contributed by atoms with Gasteiger partial charge in [0.05, 0.1) is 29.8 Å². The molecule has 2 aliphatic rings. The van der Waals surface area contributed by atoms with Crippen LogP contribution in [-0.4, -0.2) is 86.2 Å². The number of carbonyl (C=O) groups is 4. The predicted molar refractivity (Wildman–Crippen MR) is 167 cm³/mol. The normalized spacial score (nSPS) is 19.9. The number of ketones is 2. The Morgan fingerprint density at radius 1 is 0.721 bits per heavy atom. The van der Waals surface area contributed by atoms with Crippen LogP contribution < -0.4 is 16.0 Å². The molecule has 2 saturated carbocycles. The summed E-state index contributed by atoms with van der Waals surface area (Å²) in [6, 6.07) is -2.30. The molecule has 0 radical (unpaired) electrons. The van der Waals surface area contributed by atoms with E-state index in [1.54, 1.807) is 14.0 Å². The molecule has 0 saturated heterocycles. The van der Waals surface area contributed by atoms with Crippen molar-refractivity contribution in [1.82, 2.24) is 16.0 Å². The van der Waals surface area contributed by atoms with E-state index in [1.165, 1.54) is 6.92 Å². The lowest BCUT2D eigenvalue weighted by atomic mass is 9.81. The maximum atomic E-state index is 14.3. The van der Waals surface area contributed by atoms with E-state index in [9.17, 15) is 19.2 Å². The summed E-state index contributed by atoms with van der Waals surface area (Å²) in [6.07, 6.45) is 10.4. The Morgan fingerprint density at radius 2 is 1.21 bits per heavy atom. The summed E-state index contributed by atoms with van der Waals surface area (Å²) in [4.78, 5) is 53.3. The molecule has 43 heavy (non-hydrogen) atoms. The fourth-order valence-corrected chi connectivity index (χ4v) is 6.01. The van der Waals surface area contributed by atoms with Gasteiger partial charge in [-0.1, -0.05) is 53.4 Å². The van der Waals surface area contributed by atoms with Crippen LogP contribution in [0, 0.1) is 5.41 Å². The highest BCUT2D eigenvalue weighted by molar-refractivity contribution is 5.98. The van der Waals surface area contributed by atoms with Gasteiger partial charge in [-0.3, -0.25) is 24.5 Å². The topological polar surface area (TPSA) is 132 Å². The van der Waals surface area contributed by atoms with Gasteiger partial charge in [-0.15, -0.1) is 0 Å². The van der Waals surface area contributed by atoms with Crippen LogP contribution in [0.15, 0.2) is 0 Å². The summed E-state index contributed by atoms with van der Waals surface area (Å²) in [5.74, 6) is -0.971. The molecule has 2 amide bonds. The lowest BCUT2D eigenvalue weighted by Crippen LogP contribution is -2.63. The van der Waals surface area contributed by atoms with Crippen molar-refractivity contribution in [2.75, 3.05) is 26.9 Å². The monoisotopic (exact) mass is 609 g/mol. The number of rotatable bonds is 20. The van der Waals surface area contributed by atoms with E-state index < -0.39 is 35.0 Å². The Kier molecular flexibility index (Phi) is 15.8. The lowest BCUT2D eigenvalue weighted by molar-refractivity contribution is -0.135. The third kappa shape index (κ3) is 12.6. The van der Waals surface area contributed by atoms with Gasteiger partial charge in [0.2, 0.25) is 11.8 Å². The Morgan fingerprint density at radius 3 is 1.65 bits per heavy atom. The van der Waals surface area contributed by atoms with Crippen molar-refractivity contribution >= 4 is 23.4 Å². The third-order valence-corrected chi connectivity index (χ3v) is 8.86. The summed E-state index contributed by atoms with van der Waals surface area (Å²) >= 11 is 0. The van der Waals surface area contributed by atoms with Crippen LogP contribution in [0.3, 0.4) is 0 Å². The smallest absolute Gasteiger partial charge is 0.243 e. The van der Waals surface area contributed by atoms with Crippen LogP contribution in [0.4, 0.5) is 0 Å². The minimum absolute atomic E-state index is 0.00448. The van der Waals surface area contributed by atoms with Crippen LogP contribution in [-0.2, 0) is 33.4 Å². The molecular weight excluding hydrogens is 550 g/mol. The maximum absolute atomic E-state index is 14.3. The highest BCUT2D eigenvalue weighted by Gasteiger charge is 2.42. The second kappa shape index (κ2) is 18.2. The van der Waals surface area contributed by atoms with Crippen LogP contribution in [0.25, 0.3) is 0 Å². The summed E-state index contributed by atoms with van der Waals surface area (Å²) in [6.45, 7) is 11.7. The molecule has 2 aliphatic carbocycles. The van der Waals surface area contributed by atoms with Gasteiger partial charge in [0.1, 0.15) is 6.04 Å². The van der Waals surface area contributed by atoms with Gasteiger partial charge >= 0.3 is 0 Å². The van der Waals surface area contributed by atoms with Crippen molar-refractivity contribution in [3.8, 4) is 0 Å². The zero-order chi connectivity index (χ0) is 32.0. The minimum Gasteiger partial charge on any atom is -0.385 e. The Bertz CT molecular complexity index is 893. The fourth-order valence-electron chi connectivity index (χ4n) is 6.01. The first-order chi connectivity index (χ1) is 20.3. The zero-order valence-electron chi connectivity index (χ0n) is 27.9. The molecule has 0 spiro atoms.